The first kappa shape index (κ1) is 23.5. The maximum Gasteiger partial charge on any atom is 0.255 e. The fraction of sp³-hybridized carbons (Fsp3) is 0.115. The maximum atomic E-state index is 12.5. The summed E-state index contributed by atoms with van der Waals surface area (Å²) in [5.41, 5.74) is 4.00. The molecule has 3 aromatic carbocycles. The van der Waals surface area contributed by atoms with Crippen LogP contribution in [-0.2, 0) is 4.79 Å². The van der Waals surface area contributed by atoms with E-state index in [0.717, 1.165) is 27.5 Å². The summed E-state index contributed by atoms with van der Waals surface area (Å²) in [7, 11) is 1.62. The summed E-state index contributed by atoms with van der Waals surface area (Å²) >= 11 is 2.76. The Bertz CT molecular complexity index is 1300. The molecule has 2 N–H and O–H groups in total. The largest absolute Gasteiger partial charge is 0.496 e. The number of benzene rings is 3. The number of anilines is 2. The van der Waals surface area contributed by atoms with Crippen LogP contribution < -0.4 is 15.4 Å². The number of hydrogen-bond donors (Lipinski definition) is 2. The molecule has 0 aliphatic heterocycles. The molecule has 4 rings (SSSR count). The third-order valence-electron chi connectivity index (χ3n) is 4.91. The van der Waals surface area contributed by atoms with Crippen molar-refractivity contribution in [2.75, 3.05) is 23.5 Å². The first-order chi connectivity index (χ1) is 16.5. The normalized spacial score (nSPS) is 10.5. The number of ether oxygens (including phenoxy) is 1. The van der Waals surface area contributed by atoms with Gasteiger partial charge in [-0.25, -0.2) is 4.98 Å². The summed E-state index contributed by atoms with van der Waals surface area (Å²) in [5, 5.41) is 8.17. The van der Waals surface area contributed by atoms with Crippen molar-refractivity contribution in [3.05, 3.63) is 89.3 Å². The number of rotatable bonds is 8. The molecule has 0 spiro atoms. The molecule has 0 bridgehead atoms. The average Bonchev–Trinajstić information content (AvgIpc) is 3.31. The second kappa shape index (κ2) is 11.0. The van der Waals surface area contributed by atoms with Crippen LogP contribution in [0.2, 0.25) is 0 Å². The minimum atomic E-state index is -0.172. The molecule has 0 aliphatic carbocycles. The quantitative estimate of drug-likeness (QED) is 0.292. The van der Waals surface area contributed by atoms with Gasteiger partial charge in [-0.3, -0.25) is 9.59 Å². The van der Waals surface area contributed by atoms with Crippen molar-refractivity contribution >= 4 is 45.7 Å². The number of carbonyl (C=O) groups excluding carboxylic acids is 2. The number of nitrogens with zero attached hydrogens (tertiary/aromatic N) is 1. The number of aryl methyl sites for hydroxylation is 1. The van der Waals surface area contributed by atoms with Crippen molar-refractivity contribution in [3.63, 3.8) is 0 Å². The fourth-order valence-corrected chi connectivity index (χ4v) is 4.67. The Morgan fingerprint density at radius 3 is 2.59 bits per heavy atom. The van der Waals surface area contributed by atoms with E-state index < -0.39 is 0 Å². The lowest BCUT2D eigenvalue weighted by Crippen LogP contribution is -2.14. The van der Waals surface area contributed by atoms with Gasteiger partial charge in [0.1, 0.15) is 5.75 Å². The van der Waals surface area contributed by atoms with Crippen molar-refractivity contribution in [2.45, 2.75) is 11.8 Å². The first-order valence-electron chi connectivity index (χ1n) is 10.5. The molecular formula is C26H23N3O3S2. The molecule has 4 aromatic rings. The molecule has 0 unspecified atom stereocenters. The number of carbonyl (C=O) groups is 2. The van der Waals surface area contributed by atoms with Crippen molar-refractivity contribution in [1.29, 1.82) is 0 Å². The summed E-state index contributed by atoms with van der Waals surface area (Å²) in [6.45, 7) is 1.98. The second-order valence-corrected chi connectivity index (χ2v) is 9.33. The number of hydrogen-bond acceptors (Lipinski definition) is 6. The molecule has 34 heavy (non-hydrogen) atoms. The van der Waals surface area contributed by atoms with Crippen LogP contribution in [0.4, 0.5) is 10.8 Å². The third kappa shape index (κ3) is 6.03. The van der Waals surface area contributed by atoms with Crippen LogP contribution in [0, 0.1) is 6.92 Å². The summed E-state index contributed by atoms with van der Waals surface area (Å²) in [6, 6.07) is 22.5. The van der Waals surface area contributed by atoms with Crippen LogP contribution in [0.15, 0.2) is 83.1 Å². The Labute approximate surface area is 206 Å². The van der Waals surface area contributed by atoms with Gasteiger partial charge in [-0.1, -0.05) is 35.9 Å². The Hall–Kier alpha value is -3.62. The first-order valence-corrected chi connectivity index (χ1v) is 12.4. The Morgan fingerprint density at radius 2 is 1.79 bits per heavy atom. The van der Waals surface area contributed by atoms with Gasteiger partial charge in [0.05, 0.1) is 18.6 Å². The van der Waals surface area contributed by atoms with Gasteiger partial charge in [0.25, 0.3) is 5.91 Å². The highest BCUT2D eigenvalue weighted by molar-refractivity contribution is 8.00. The zero-order chi connectivity index (χ0) is 23.9. The van der Waals surface area contributed by atoms with Crippen LogP contribution in [0.1, 0.15) is 15.9 Å². The molecule has 0 radical (unpaired) electrons. The van der Waals surface area contributed by atoms with Crippen molar-refractivity contribution < 1.29 is 14.3 Å². The van der Waals surface area contributed by atoms with Crippen molar-refractivity contribution in [1.82, 2.24) is 4.98 Å². The van der Waals surface area contributed by atoms with Crippen LogP contribution in [-0.4, -0.2) is 29.7 Å². The summed E-state index contributed by atoms with van der Waals surface area (Å²) in [6.07, 6.45) is 0. The number of methoxy groups -OCH3 is 1. The molecule has 0 saturated heterocycles. The number of amides is 2. The Kier molecular flexibility index (Phi) is 7.61. The summed E-state index contributed by atoms with van der Waals surface area (Å²) < 4.78 is 5.39. The number of aromatic nitrogens is 1. The van der Waals surface area contributed by atoms with Crippen LogP contribution in [0.5, 0.6) is 5.75 Å². The van der Waals surface area contributed by atoms with E-state index in [-0.39, 0.29) is 17.6 Å². The van der Waals surface area contributed by atoms with Crippen molar-refractivity contribution in [3.8, 4) is 17.0 Å². The van der Waals surface area contributed by atoms with Gasteiger partial charge in [-0.2, -0.15) is 0 Å². The number of para-hydroxylation sites is 1. The Balaban J connectivity index is 1.32. The molecule has 8 heteroatoms. The fourth-order valence-electron chi connectivity index (χ4n) is 3.19. The van der Waals surface area contributed by atoms with Gasteiger partial charge in [-0.05, 0) is 49.4 Å². The highest BCUT2D eigenvalue weighted by atomic mass is 32.2. The van der Waals surface area contributed by atoms with Gasteiger partial charge in [0, 0.05) is 27.1 Å². The third-order valence-corrected chi connectivity index (χ3v) is 6.66. The van der Waals surface area contributed by atoms with E-state index in [1.165, 1.54) is 23.1 Å². The van der Waals surface area contributed by atoms with Crippen LogP contribution in [0.25, 0.3) is 11.3 Å². The van der Waals surface area contributed by atoms with E-state index in [0.29, 0.717) is 16.4 Å². The molecule has 6 nitrogen and oxygen atoms in total. The van der Waals surface area contributed by atoms with Gasteiger partial charge in [0.15, 0.2) is 5.13 Å². The van der Waals surface area contributed by atoms with Gasteiger partial charge < -0.3 is 15.4 Å². The summed E-state index contributed by atoms with van der Waals surface area (Å²) in [4.78, 5) is 30.3. The monoisotopic (exact) mass is 489 g/mol. The molecule has 0 aliphatic rings. The lowest BCUT2D eigenvalue weighted by Gasteiger charge is -2.08. The molecule has 1 aromatic heterocycles. The van der Waals surface area contributed by atoms with Crippen LogP contribution >= 0.6 is 23.1 Å². The lowest BCUT2D eigenvalue weighted by molar-refractivity contribution is -0.113. The second-order valence-electron chi connectivity index (χ2n) is 7.42. The van der Waals surface area contributed by atoms with E-state index in [1.54, 1.807) is 19.2 Å². The topological polar surface area (TPSA) is 80.3 Å². The number of nitrogens with one attached hydrogen (secondary N) is 2. The smallest absolute Gasteiger partial charge is 0.255 e. The maximum absolute atomic E-state index is 12.5. The van der Waals surface area contributed by atoms with E-state index in [9.17, 15) is 9.59 Å². The van der Waals surface area contributed by atoms with E-state index in [2.05, 4.69) is 15.6 Å². The van der Waals surface area contributed by atoms with Crippen molar-refractivity contribution in [2.24, 2.45) is 0 Å². The summed E-state index contributed by atoms with van der Waals surface area (Å²) in [5.74, 6) is 0.629. The zero-order valence-electron chi connectivity index (χ0n) is 18.7. The van der Waals surface area contributed by atoms with Gasteiger partial charge in [-0.15, -0.1) is 23.1 Å². The zero-order valence-corrected chi connectivity index (χ0v) is 20.3. The van der Waals surface area contributed by atoms with E-state index >= 15 is 0 Å². The highest BCUT2D eigenvalue weighted by Crippen LogP contribution is 2.32. The Morgan fingerprint density at radius 1 is 1.00 bits per heavy atom. The number of thioether (sulfide) groups is 1. The average molecular weight is 490 g/mol. The molecule has 0 atom stereocenters. The van der Waals surface area contributed by atoms with Crippen LogP contribution in [0.3, 0.4) is 0 Å². The molecule has 1 heterocycles. The predicted octanol–water partition coefficient (Wildman–Crippen LogP) is 6.11. The lowest BCUT2D eigenvalue weighted by atomic mass is 10.1. The van der Waals surface area contributed by atoms with E-state index in [4.69, 9.17) is 4.74 Å². The minimum Gasteiger partial charge on any atom is -0.496 e. The standard InChI is InChI=1S/C26H23N3O3S2/c1-17-10-12-18(13-11-17)25(31)27-19-6-5-7-20(14-19)33-16-24(30)29-26-28-22(15-34-26)21-8-3-4-9-23(21)32-2/h3-15H,16H2,1-2H3,(H,27,31)(H,28,29,30). The van der Waals surface area contributed by atoms with Gasteiger partial charge >= 0.3 is 0 Å². The number of thiazole rings is 1. The molecule has 0 saturated carbocycles. The molecule has 172 valence electrons. The molecule has 0 fully saturated rings. The predicted molar refractivity (Wildman–Crippen MR) is 139 cm³/mol. The molecular weight excluding hydrogens is 466 g/mol. The minimum absolute atomic E-state index is 0.153. The van der Waals surface area contributed by atoms with E-state index in [1.807, 2.05) is 73.0 Å². The molecule has 2 amide bonds. The highest BCUT2D eigenvalue weighted by Gasteiger charge is 2.12. The SMILES string of the molecule is COc1ccccc1-c1csc(NC(=O)CSc2cccc(NC(=O)c3ccc(C)cc3)c2)n1. The van der Waals surface area contributed by atoms with Gasteiger partial charge in [0.2, 0.25) is 5.91 Å².